The van der Waals surface area contributed by atoms with Gasteiger partial charge in [0.05, 0.1) is 6.61 Å². The highest BCUT2D eigenvalue weighted by molar-refractivity contribution is 5.78. The fourth-order valence-corrected chi connectivity index (χ4v) is 0.803. The van der Waals surface area contributed by atoms with Gasteiger partial charge in [-0.25, -0.2) is 0 Å². The molecule has 0 spiro atoms. The van der Waals surface area contributed by atoms with E-state index in [1.165, 1.54) is 6.92 Å². The number of carbonyl (C=O) groups excluding carboxylic acids is 2. The summed E-state index contributed by atoms with van der Waals surface area (Å²) in [7, 11) is 0. The predicted molar refractivity (Wildman–Crippen MR) is 57.1 cm³/mol. The number of ketones is 1. The number of rotatable bonds is 4. The molecule has 0 atom stereocenters. The average Bonchev–Trinajstić information content (AvgIpc) is 2.03. The molecular formula is C11H22O3. The first-order chi connectivity index (χ1) is 6.43. The number of ether oxygens (including phenoxy) is 1. The summed E-state index contributed by atoms with van der Waals surface area (Å²) in [4.78, 5) is 20.4. The quantitative estimate of drug-likeness (QED) is 0.658. The molecule has 0 saturated heterocycles. The van der Waals surface area contributed by atoms with E-state index in [1.54, 1.807) is 6.92 Å². The minimum Gasteiger partial charge on any atom is -0.466 e. The van der Waals surface area contributed by atoms with Crippen LogP contribution >= 0.6 is 0 Å². The zero-order valence-corrected chi connectivity index (χ0v) is 9.92. The summed E-state index contributed by atoms with van der Waals surface area (Å²) < 4.78 is 4.40. The molecule has 0 rings (SSSR count). The van der Waals surface area contributed by atoms with E-state index in [9.17, 15) is 9.59 Å². The molecule has 0 radical (unpaired) electrons. The summed E-state index contributed by atoms with van der Waals surface area (Å²) in [6.45, 7) is 9.69. The highest BCUT2D eigenvalue weighted by Crippen LogP contribution is 2.01. The van der Waals surface area contributed by atoms with Gasteiger partial charge in [0, 0.05) is 19.8 Å². The van der Waals surface area contributed by atoms with Gasteiger partial charge in [-0.3, -0.25) is 9.59 Å². The first-order valence-corrected chi connectivity index (χ1v) is 5.09. The van der Waals surface area contributed by atoms with Gasteiger partial charge in [0.1, 0.15) is 5.78 Å². The third-order valence-electron chi connectivity index (χ3n) is 1.38. The van der Waals surface area contributed by atoms with Crippen molar-refractivity contribution in [1.29, 1.82) is 0 Å². The lowest BCUT2D eigenvalue weighted by Crippen LogP contribution is -1.99. The lowest BCUT2D eigenvalue weighted by Gasteiger charge is -1.98. The van der Waals surface area contributed by atoms with E-state index in [0.717, 1.165) is 6.42 Å². The molecule has 0 aliphatic heterocycles. The predicted octanol–water partition coefficient (Wildman–Crippen LogP) is 2.58. The van der Waals surface area contributed by atoms with Crippen LogP contribution < -0.4 is 0 Å². The lowest BCUT2D eigenvalue weighted by molar-refractivity contribution is -0.140. The van der Waals surface area contributed by atoms with Crippen molar-refractivity contribution in [2.24, 2.45) is 5.92 Å². The summed E-state index contributed by atoms with van der Waals surface area (Å²) in [6, 6.07) is 0. The van der Waals surface area contributed by atoms with Gasteiger partial charge in [-0.1, -0.05) is 20.8 Å². The van der Waals surface area contributed by atoms with E-state index in [1.807, 2.05) is 6.92 Å². The number of esters is 1. The maximum atomic E-state index is 10.6. The van der Waals surface area contributed by atoms with Gasteiger partial charge in [0.25, 0.3) is 0 Å². The third kappa shape index (κ3) is 17.3. The minimum absolute atomic E-state index is 0.211. The van der Waals surface area contributed by atoms with Gasteiger partial charge in [-0.15, -0.1) is 0 Å². The van der Waals surface area contributed by atoms with E-state index in [2.05, 4.69) is 18.6 Å². The van der Waals surface area contributed by atoms with Gasteiger partial charge in [-0.2, -0.15) is 0 Å². The maximum Gasteiger partial charge on any atom is 0.302 e. The van der Waals surface area contributed by atoms with Crippen molar-refractivity contribution in [3.63, 3.8) is 0 Å². The van der Waals surface area contributed by atoms with Crippen LogP contribution in [0, 0.1) is 5.92 Å². The highest BCUT2D eigenvalue weighted by atomic mass is 16.5. The first-order valence-electron chi connectivity index (χ1n) is 5.09. The van der Waals surface area contributed by atoms with Gasteiger partial charge < -0.3 is 4.74 Å². The van der Waals surface area contributed by atoms with Crippen molar-refractivity contribution in [2.75, 3.05) is 6.61 Å². The Morgan fingerprint density at radius 1 is 1.21 bits per heavy atom. The van der Waals surface area contributed by atoms with Crippen LogP contribution in [0.15, 0.2) is 0 Å². The van der Waals surface area contributed by atoms with Crippen molar-refractivity contribution < 1.29 is 14.3 Å². The molecule has 0 saturated carbocycles. The van der Waals surface area contributed by atoms with Crippen molar-refractivity contribution in [2.45, 2.75) is 47.5 Å². The largest absolute Gasteiger partial charge is 0.466 e. The van der Waals surface area contributed by atoms with Gasteiger partial charge in [0.15, 0.2) is 0 Å². The molecule has 0 aromatic rings. The Bertz CT molecular complexity index is 162. The Hall–Kier alpha value is -0.860. The third-order valence-corrected chi connectivity index (χ3v) is 1.38. The Morgan fingerprint density at radius 2 is 1.71 bits per heavy atom. The Morgan fingerprint density at radius 3 is 1.79 bits per heavy atom. The van der Waals surface area contributed by atoms with E-state index in [4.69, 9.17) is 0 Å². The number of Topliss-reactive ketones (excluding diaryl/α,β-unsaturated/α-hetero) is 1. The van der Waals surface area contributed by atoms with Crippen molar-refractivity contribution >= 4 is 11.8 Å². The van der Waals surface area contributed by atoms with Crippen LogP contribution in [-0.4, -0.2) is 18.4 Å². The molecule has 0 N–H and O–H groups in total. The molecule has 0 fully saturated rings. The van der Waals surface area contributed by atoms with Crippen LogP contribution in [0.1, 0.15) is 47.5 Å². The van der Waals surface area contributed by atoms with E-state index < -0.39 is 0 Å². The van der Waals surface area contributed by atoms with Crippen LogP contribution in [0.2, 0.25) is 0 Å². The van der Waals surface area contributed by atoms with E-state index in [-0.39, 0.29) is 5.97 Å². The molecule has 3 nitrogen and oxygen atoms in total. The molecule has 0 aromatic heterocycles. The second-order valence-corrected chi connectivity index (χ2v) is 3.41. The molecule has 84 valence electrons. The second kappa shape index (κ2) is 10.2. The standard InChI is InChI=1S/C7H14O.C4H8O2/c1-4-7(8)5-6(2)3;1-3-6-4(2)5/h6H,4-5H2,1-3H3;3H2,1-2H3. The van der Waals surface area contributed by atoms with Crippen LogP contribution in [0.5, 0.6) is 0 Å². The lowest BCUT2D eigenvalue weighted by atomic mass is 10.1. The maximum absolute atomic E-state index is 10.6. The summed E-state index contributed by atoms with van der Waals surface area (Å²) in [6.07, 6.45) is 1.44. The second-order valence-electron chi connectivity index (χ2n) is 3.41. The number of hydrogen-bond donors (Lipinski definition) is 0. The normalized spacial score (nSPS) is 9.00. The van der Waals surface area contributed by atoms with E-state index >= 15 is 0 Å². The molecule has 0 aliphatic rings. The summed E-state index contributed by atoms with van der Waals surface area (Å²) in [5.41, 5.74) is 0. The summed E-state index contributed by atoms with van der Waals surface area (Å²) in [5.74, 6) is 0.694. The van der Waals surface area contributed by atoms with Crippen molar-refractivity contribution in [1.82, 2.24) is 0 Å². The van der Waals surface area contributed by atoms with Crippen LogP contribution in [-0.2, 0) is 14.3 Å². The summed E-state index contributed by atoms with van der Waals surface area (Å²) >= 11 is 0. The molecule has 0 amide bonds. The van der Waals surface area contributed by atoms with Gasteiger partial charge >= 0.3 is 5.97 Å². The molecular weight excluding hydrogens is 180 g/mol. The molecule has 3 heteroatoms. The fraction of sp³-hybridized carbons (Fsp3) is 0.818. The Kier molecular flexibility index (Phi) is 11.4. The molecule has 14 heavy (non-hydrogen) atoms. The number of carbonyl (C=O) groups is 2. The molecule has 0 unspecified atom stereocenters. The average molecular weight is 202 g/mol. The van der Waals surface area contributed by atoms with Crippen LogP contribution in [0.3, 0.4) is 0 Å². The van der Waals surface area contributed by atoms with Crippen LogP contribution in [0.4, 0.5) is 0 Å². The molecule has 0 aliphatic carbocycles. The molecule has 0 bridgehead atoms. The van der Waals surface area contributed by atoms with Gasteiger partial charge in [0.2, 0.25) is 0 Å². The fourth-order valence-electron chi connectivity index (χ4n) is 0.803. The molecule has 0 aromatic carbocycles. The summed E-state index contributed by atoms with van der Waals surface area (Å²) in [5, 5.41) is 0. The Balaban J connectivity index is 0. The molecule has 0 heterocycles. The number of hydrogen-bond acceptors (Lipinski definition) is 3. The highest BCUT2D eigenvalue weighted by Gasteiger charge is 1.99. The Labute approximate surface area is 86.8 Å². The zero-order valence-electron chi connectivity index (χ0n) is 9.92. The van der Waals surface area contributed by atoms with Crippen molar-refractivity contribution in [3.05, 3.63) is 0 Å². The zero-order chi connectivity index (χ0) is 11.6. The minimum atomic E-state index is -0.211. The topological polar surface area (TPSA) is 43.4 Å². The monoisotopic (exact) mass is 202 g/mol. The van der Waals surface area contributed by atoms with E-state index in [0.29, 0.717) is 24.7 Å². The van der Waals surface area contributed by atoms with Gasteiger partial charge in [-0.05, 0) is 12.8 Å². The van der Waals surface area contributed by atoms with Crippen molar-refractivity contribution in [3.8, 4) is 0 Å². The SMILES string of the molecule is CCC(=O)CC(C)C.CCOC(C)=O. The smallest absolute Gasteiger partial charge is 0.302 e. The first kappa shape index (κ1) is 15.6. The van der Waals surface area contributed by atoms with Crippen LogP contribution in [0.25, 0.3) is 0 Å².